The highest BCUT2D eigenvalue weighted by atomic mass is 16.4. The molecule has 0 aliphatic carbocycles. The van der Waals surface area contributed by atoms with E-state index in [9.17, 15) is 24.0 Å². The second-order valence-electron chi connectivity index (χ2n) is 7.81. The van der Waals surface area contributed by atoms with Crippen LogP contribution in [0.4, 0.5) is 0 Å². The van der Waals surface area contributed by atoms with Crippen LogP contribution in [-0.4, -0.2) is 74.0 Å². The number of hydrogen-bond acceptors (Lipinski definition) is 7. The predicted octanol–water partition coefficient (Wildman–Crippen LogP) is -1.64. The van der Waals surface area contributed by atoms with Crippen molar-refractivity contribution >= 4 is 29.7 Å². The Morgan fingerprint density at radius 2 is 1.59 bits per heavy atom. The van der Waals surface area contributed by atoms with E-state index in [1.54, 1.807) is 0 Å². The number of carbonyl (C=O) groups excluding carboxylic acids is 3. The lowest BCUT2D eigenvalue weighted by Gasteiger charge is -2.24. The fourth-order valence-electron chi connectivity index (χ4n) is 2.75. The number of imidazole rings is 1. The number of aromatic amines is 1. The van der Waals surface area contributed by atoms with Crippen LogP contribution in [0.2, 0.25) is 0 Å². The quantitative estimate of drug-likeness (QED) is 0.181. The number of aromatic nitrogens is 2. The molecule has 3 amide bonds. The number of aliphatic carboxylic acids is 2. The first-order chi connectivity index (χ1) is 14.9. The predicted molar refractivity (Wildman–Crippen MR) is 111 cm³/mol. The summed E-state index contributed by atoms with van der Waals surface area (Å²) in [6.45, 7) is 4.96. The smallest absolute Gasteiger partial charge is 0.325 e. The van der Waals surface area contributed by atoms with E-state index in [1.165, 1.54) is 19.4 Å². The third-order valence-corrected chi connectivity index (χ3v) is 4.41. The van der Waals surface area contributed by atoms with E-state index >= 15 is 0 Å². The average molecular weight is 454 g/mol. The molecule has 0 aliphatic heterocycles. The Morgan fingerprint density at radius 3 is 2.09 bits per heavy atom. The molecule has 0 saturated heterocycles. The molecular formula is C19H30N6O7. The first kappa shape index (κ1) is 26.6. The van der Waals surface area contributed by atoms with Crippen molar-refractivity contribution in [1.82, 2.24) is 25.9 Å². The van der Waals surface area contributed by atoms with Crippen LogP contribution < -0.4 is 21.7 Å². The standard InChI is InChI=1S/C19H30N6O7/c1-9(2)4-12(20)16(28)24-13(5-11-7-21-8-22-11)18(30)25-14(6-15(26)27)17(29)23-10(3)19(31)32/h7-10,12-14H,4-6,20H2,1-3H3,(H,21,22)(H,23,29)(H,24,28)(H,25,30)(H,26,27)(H,31,32). The molecule has 13 nitrogen and oxygen atoms in total. The highest BCUT2D eigenvalue weighted by Gasteiger charge is 2.31. The molecular weight excluding hydrogens is 424 g/mol. The number of carboxylic acid groups (broad SMARTS) is 2. The van der Waals surface area contributed by atoms with E-state index in [4.69, 9.17) is 15.9 Å². The zero-order valence-corrected chi connectivity index (χ0v) is 18.1. The molecule has 0 saturated carbocycles. The summed E-state index contributed by atoms with van der Waals surface area (Å²) in [4.78, 5) is 66.4. The molecule has 32 heavy (non-hydrogen) atoms. The number of nitrogens with zero attached hydrogens (tertiary/aromatic N) is 1. The van der Waals surface area contributed by atoms with Gasteiger partial charge in [0, 0.05) is 18.3 Å². The van der Waals surface area contributed by atoms with E-state index in [0.29, 0.717) is 12.1 Å². The topological polar surface area (TPSA) is 217 Å². The van der Waals surface area contributed by atoms with Gasteiger partial charge in [0.05, 0.1) is 18.8 Å². The van der Waals surface area contributed by atoms with Crippen molar-refractivity contribution < 1.29 is 34.2 Å². The molecule has 178 valence electrons. The Bertz CT molecular complexity index is 811. The Kier molecular flexibility index (Phi) is 10.3. The van der Waals surface area contributed by atoms with Gasteiger partial charge in [-0.1, -0.05) is 13.8 Å². The van der Waals surface area contributed by atoms with Crippen LogP contribution in [-0.2, 0) is 30.4 Å². The van der Waals surface area contributed by atoms with Crippen molar-refractivity contribution in [2.75, 3.05) is 0 Å². The number of hydrogen-bond donors (Lipinski definition) is 7. The van der Waals surface area contributed by atoms with E-state index < -0.39 is 60.2 Å². The maximum atomic E-state index is 12.9. The Labute approximate surface area is 184 Å². The lowest BCUT2D eigenvalue weighted by molar-refractivity contribution is -0.143. The van der Waals surface area contributed by atoms with Gasteiger partial charge in [0.15, 0.2) is 0 Å². The third-order valence-electron chi connectivity index (χ3n) is 4.41. The molecule has 0 radical (unpaired) electrons. The number of carboxylic acids is 2. The second kappa shape index (κ2) is 12.4. The summed E-state index contributed by atoms with van der Waals surface area (Å²) in [7, 11) is 0. The molecule has 4 atom stereocenters. The summed E-state index contributed by atoms with van der Waals surface area (Å²) in [6, 6.07) is -4.93. The number of nitrogens with one attached hydrogen (secondary N) is 4. The average Bonchev–Trinajstić information content (AvgIpc) is 3.18. The number of amides is 3. The van der Waals surface area contributed by atoms with Gasteiger partial charge in [-0.3, -0.25) is 24.0 Å². The molecule has 0 fully saturated rings. The van der Waals surface area contributed by atoms with E-state index in [2.05, 4.69) is 25.9 Å². The van der Waals surface area contributed by atoms with Crippen LogP contribution in [0, 0.1) is 5.92 Å². The first-order valence-corrected chi connectivity index (χ1v) is 9.99. The number of H-pyrrole nitrogens is 1. The summed E-state index contributed by atoms with van der Waals surface area (Å²) >= 11 is 0. The molecule has 0 aromatic carbocycles. The number of nitrogens with two attached hydrogens (primary N) is 1. The van der Waals surface area contributed by atoms with Crippen molar-refractivity contribution in [3.05, 3.63) is 18.2 Å². The van der Waals surface area contributed by atoms with E-state index in [0.717, 1.165) is 0 Å². The minimum atomic E-state index is -1.56. The SMILES string of the molecule is CC(C)CC(N)C(=O)NC(Cc1cnc[nH]1)C(=O)NC(CC(=O)O)C(=O)NC(C)C(=O)O. The monoisotopic (exact) mass is 454 g/mol. The lowest BCUT2D eigenvalue weighted by atomic mass is 10.0. The summed E-state index contributed by atoms with van der Waals surface area (Å²) in [5.41, 5.74) is 6.38. The molecule has 8 N–H and O–H groups in total. The molecule has 1 aromatic rings. The Hall–Kier alpha value is -3.48. The molecule has 0 spiro atoms. The van der Waals surface area contributed by atoms with Gasteiger partial charge in [-0.2, -0.15) is 0 Å². The van der Waals surface area contributed by atoms with Crippen molar-refractivity contribution in [2.24, 2.45) is 11.7 Å². The normalized spacial score (nSPS) is 14.7. The Balaban J connectivity index is 3.00. The van der Waals surface area contributed by atoms with Gasteiger partial charge in [-0.05, 0) is 19.3 Å². The van der Waals surface area contributed by atoms with Crippen LogP contribution in [0.5, 0.6) is 0 Å². The second-order valence-corrected chi connectivity index (χ2v) is 7.81. The maximum Gasteiger partial charge on any atom is 0.325 e. The van der Waals surface area contributed by atoms with Gasteiger partial charge in [-0.15, -0.1) is 0 Å². The molecule has 1 heterocycles. The molecule has 4 unspecified atom stereocenters. The highest BCUT2D eigenvalue weighted by molar-refractivity contribution is 5.95. The van der Waals surface area contributed by atoms with Gasteiger partial charge in [0.2, 0.25) is 17.7 Å². The van der Waals surface area contributed by atoms with Crippen LogP contribution in [0.15, 0.2) is 12.5 Å². The molecule has 13 heteroatoms. The van der Waals surface area contributed by atoms with Gasteiger partial charge in [0.25, 0.3) is 0 Å². The van der Waals surface area contributed by atoms with E-state index in [1.807, 2.05) is 13.8 Å². The minimum absolute atomic E-state index is 0.0289. The largest absolute Gasteiger partial charge is 0.481 e. The number of carbonyl (C=O) groups is 5. The summed E-state index contributed by atoms with van der Waals surface area (Å²) in [6.07, 6.45) is 2.38. The van der Waals surface area contributed by atoms with Gasteiger partial charge in [-0.25, -0.2) is 4.98 Å². The summed E-state index contributed by atoms with van der Waals surface area (Å²) in [5.74, 6) is -5.00. The fourth-order valence-corrected chi connectivity index (χ4v) is 2.75. The van der Waals surface area contributed by atoms with Crippen LogP contribution in [0.1, 0.15) is 39.3 Å². The van der Waals surface area contributed by atoms with Gasteiger partial charge >= 0.3 is 11.9 Å². The van der Waals surface area contributed by atoms with Gasteiger partial charge < -0.3 is 36.9 Å². The summed E-state index contributed by atoms with van der Waals surface area (Å²) < 4.78 is 0. The van der Waals surface area contributed by atoms with Crippen molar-refractivity contribution in [2.45, 2.75) is 64.2 Å². The van der Waals surface area contributed by atoms with Gasteiger partial charge in [0.1, 0.15) is 18.1 Å². The van der Waals surface area contributed by atoms with Crippen LogP contribution >= 0.6 is 0 Å². The zero-order valence-electron chi connectivity index (χ0n) is 18.1. The first-order valence-electron chi connectivity index (χ1n) is 9.99. The Morgan fingerprint density at radius 1 is 1.00 bits per heavy atom. The maximum absolute atomic E-state index is 12.9. The third kappa shape index (κ3) is 9.12. The van der Waals surface area contributed by atoms with Crippen molar-refractivity contribution in [3.63, 3.8) is 0 Å². The minimum Gasteiger partial charge on any atom is -0.481 e. The highest BCUT2D eigenvalue weighted by Crippen LogP contribution is 2.06. The zero-order chi connectivity index (χ0) is 24.4. The number of rotatable bonds is 13. The molecule has 0 bridgehead atoms. The molecule has 0 aliphatic rings. The van der Waals surface area contributed by atoms with Crippen molar-refractivity contribution in [1.29, 1.82) is 0 Å². The van der Waals surface area contributed by atoms with E-state index in [-0.39, 0.29) is 12.3 Å². The molecule has 1 aromatic heterocycles. The fraction of sp³-hybridized carbons (Fsp3) is 0.579. The molecule has 1 rings (SSSR count). The van der Waals surface area contributed by atoms with Crippen LogP contribution in [0.25, 0.3) is 0 Å². The summed E-state index contributed by atoms with van der Waals surface area (Å²) in [5, 5.41) is 24.9. The van der Waals surface area contributed by atoms with Crippen molar-refractivity contribution in [3.8, 4) is 0 Å². The lowest BCUT2D eigenvalue weighted by Crippen LogP contribution is -2.57. The van der Waals surface area contributed by atoms with Crippen LogP contribution in [0.3, 0.4) is 0 Å².